The van der Waals surface area contributed by atoms with Crippen molar-refractivity contribution >= 4 is 11.9 Å². The quantitative estimate of drug-likeness (QED) is 0.135. The van der Waals surface area contributed by atoms with Gasteiger partial charge in [-0.15, -0.1) is 0 Å². The van der Waals surface area contributed by atoms with Crippen LogP contribution in [0.15, 0.2) is 36.0 Å². The van der Waals surface area contributed by atoms with Crippen molar-refractivity contribution in [3.8, 4) is 0 Å². The van der Waals surface area contributed by atoms with E-state index in [4.69, 9.17) is 14.2 Å². The zero-order valence-corrected chi connectivity index (χ0v) is 22.9. The largest absolute Gasteiger partial charge is 0.459 e. The van der Waals surface area contributed by atoms with Gasteiger partial charge in [0.1, 0.15) is 30.0 Å². The third-order valence-electron chi connectivity index (χ3n) is 7.07. The van der Waals surface area contributed by atoms with Crippen molar-refractivity contribution in [3.63, 3.8) is 0 Å². The van der Waals surface area contributed by atoms with E-state index in [1.54, 1.807) is 13.0 Å². The van der Waals surface area contributed by atoms with Crippen LogP contribution in [0.1, 0.15) is 54.4 Å². The molecule has 2 aliphatic rings. The minimum Gasteiger partial charge on any atom is -0.459 e. The fourth-order valence-corrected chi connectivity index (χ4v) is 4.72. The number of hydrogen-bond donors (Lipinski definition) is 6. The summed E-state index contributed by atoms with van der Waals surface area (Å²) in [4.78, 5) is 23.3. The number of esters is 1. The molecule has 0 aliphatic carbocycles. The third kappa shape index (κ3) is 8.19. The van der Waals surface area contributed by atoms with Crippen LogP contribution in [0.25, 0.3) is 0 Å². The first kappa shape index (κ1) is 32.1. The summed E-state index contributed by atoms with van der Waals surface area (Å²) in [5, 5.41) is 53.7. The van der Waals surface area contributed by atoms with Crippen LogP contribution in [0.2, 0.25) is 0 Å². The van der Waals surface area contributed by atoms with Crippen LogP contribution in [-0.4, -0.2) is 98.1 Å². The molecule has 216 valence electrons. The van der Waals surface area contributed by atoms with Crippen molar-refractivity contribution in [1.82, 2.24) is 5.32 Å². The Bertz CT molecular complexity index is 916. The molecule has 0 unspecified atom stereocenters. The molecule has 2 saturated heterocycles. The van der Waals surface area contributed by atoms with Crippen LogP contribution in [0, 0.1) is 5.92 Å². The first-order valence-corrected chi connectivity index (χ1v) is 12.9. The predicted molar refractivity (Wildman–Crippen MR) is 137 cm³/mol. The lowest BCUT2D eigenvalue weighted by atomic mass is 9.80. The van der Waals surface area contributed by atoms with Crippen LogP contribution in [0.4, 0.5) is 0 Å². The molecule has 0 aromatic rings. The second-order valence-corrected chi connectivity index (χ2v) is 10.6. The van der Waals surface area contributed by atoms with Gasteiger partial charge in [-0.3, -0.25) is 9.59 Å². The van der Waals surface area contributed by atoms with Gasteiger partial charge in [0.25, 0.3) is 0 Å². The first-order chi connectivity index (χ1) is 17.6. The monoisotopic (exact) mass is 541 g/mol. The predicted octanol–water partition coefficient (Wildman–Crippen LogP) is 0.238. The van der Waals surface area contributed by atoms with Gasteiger partial charge in [0.05, 0.1) is 24.9 Å². The van der Waals surface area contributed by atoms with Crippen LogP contribution in [0.5, 0.6) is 0 Å². The molecule has 6 N–H and O–H groups in total. The van der Waals surface area contributed by atoms with E-state index in [0.29, 0.717) is 12.8 Å². The highest BCUT2D eigenvalue weighted by atomic mass is 16.7. The minimum atomic E-state index is -2.35. The van der Waals surface area contributed by atoms with E-state index >= 15 is 0 Å². The van der Waals surface area contributed by atoms with Crippen LogP contribution >= 0.6 is 0 Å². The highest BCUT2D eigenvalue weighted by molar-refractivity contribution is 5.87. The lowest BCUT2D eigenvalue weighted by molar-refractivity contribution is -0.362. The van der Waals surface area contributed by atoms with Crippen molar-refractivity contribution in [2.75, 3.05) is 6.61 Å². The fourth-order valence-electron chi connectivity index (χ4n) is 4.72. The summed E-state index contributed by atoms with van der Waals surface area (Å²) in [5.41, 5.74) is -1.54. The Kier molecular flexibility index (Phi) is 11.2. The van der Waals surface area contributed by atoms with Gasteiger partial charge in [-0.1, -0.05) is 30.7 Å². The molecular formula is C27H43NO10. The number of ether oxygens (including phenoxy) is 3. The van der Waals surface area contributed by atoms with Crippen molar-refractivity contribution < 1.29 is 49.3 Å². The van der Waals surface area contributed by atoms with Gasteiger partial charge in [-0.05, 0) is 52.5 Å². The Morgan fingerprint density at radius 1 is 1.18 bits per heavy atom. The Labute approximate surface area is 223 Å². The molecule has 0 bridgehead atoms. The molecule has 0 aromatic heterocycles. The molecule has 0 aromatic carbocycles. The molecule has 2 rings (SSSR count). The minimum absolute atomic E-state index is 0.0899. The molecule has 0 spiro atoms. The second-order valence-electron chi connectivity index (χ2n) is 10.6. The van der Waals surface area contributed by atoms with E-state index < -0.39 is 48.4 Å². The highest BCUT2D eigenvalue weighted by Crippen LogP contribution is 2.35. The summed E-state index contributed by atoms with van der Waals surface area (Å²) < 4.78 is 16.5. The Hall–Kier alpha value is -2.12. The summed E-state index contributed by atoms with van der Waals surface area (Å²) >= 11 is 0. The van der Waals surface area contributed by atoms with Gasteiger partial charge >= 0.3 is 5.97 Å². The molecule has 11 heteroatoms. The SMILES string of the molecule is CC(=O)O[C@@H](C)C=CC(=O)N[C@@H]1C[C@H](C)[C@H](CC=C(C)C=C[C@H]2O[C@@](C)(O)[C@H](O)[C@](O)(CO)[C@@H]2O)O[C@@H]1C. The number of allylic oxidation sites excluding steroid dienone is 2. The normalized spacial score (nSPS) is 39.3. The van der Waals surface area contributed by atoms with E-state index in [0.717, 1.165) is 12.5 Å². The smallest absolute Gasteiger partial charge is 0.303 e. The molecule has 38 heavy (non-hydrogen) atoms. The molecule has 2 aliphatic heterocycles. The molecule has 2 heterocycles. The lowest BCUT2D eigenvalue weighted by Gasteiger charge is -2.49. The van der Waals surface area contributed by atoms with Crippen molar-refractivity contribution in [1.29, 1.82) is 0 Å². The van der Waals surface area contributed by atoms with E-state index in [9.17, 15) is 35.1 Å². The van der Waals surface area contributed by atoms with Crippen LogP contribution in [-0.2, 0) is 23.8 Å². The number of hydrogen-bond acceptors (Lipinski definition) is 10. The molecule has 1 amide bonds. The summed E-state index contributed by atoms with van der Waals surface area (Å²) in [6.45, 7) is 8.93. The van der Waals surface area contributed by atoms with Crippen LogP contribution in [0.3, 0.4) is 0 Å². The van der Waals surface area contributed by atoms with Crippen molar-refractivity contribution in [3.05, 3.63) is 36.0 Å². The maximum Gasteiger partial charge on any atom is 0.303 e. The molecule has 0 radical (unpaired) electrons. The summed E-state index contributed by atoms with van der Waals surface area (Å²) in [6.07, 6.45) is 3.67. The lowest BCUT2D eigenvalue weighted by Crippen LogP contribution is -2.71. The van der Waals surface area contributed by atoms with Crippen LogP contribution < -0.4 is 5.32 Å². The average Bonchev–Trinajstić information content (AvgIpc) is 2.83. The zero-order valence-electron chi connectivity index (χ0n) is 22.9. The molecule has 10 atom stereocenters. The maximum atomic E-state index is 12.3. The zero-order chi connectivity index (χ0) is 28.8. The molecule has 11 nitrogen and oxygen atoms in total. The molecule has 2 fully saturated rings. The summed E-state index contributed by atoms with van der Waals surface area (Å²) in [7, 11) is 0. The number of carbonyl (C=O) groups excluding carboxylic acids is 2. The number of rotatable bonds is 9. The van der Waals surface area contributed by atoms with E-state index in [1.807, 2.05) is 26.8 Å². The number of amides is 1. The number of aliphatic hydroxyl groups is 5. The number of carbonyl (C=O) groups is 2. The third-order valence-corrected chi connectivity index (χ3v) is 7.07. The Morgan fingerprint density at radius 3 is 2.45 bits per heavy atom. The van der Waals surface area contributed by atoms with Gasteiger partial charge in [-0.25, -0.2) is 0 Å². The first-order valence-electron chi connectivity index (χ1n) is 12.9. The Morgan fingerprint density at radius 2 is 1.84 bits per heavy atom. The topological polar surface area (TPSA) is 175 Å². The maximum absolute atomic E-state index is 12.3. The molecule has 0 saturated carbocycles. The van der Waals surface area contributed by atoms with Gasteiger partial charge in [0.15, 0.2) is 5.79 Å². The van der Waals surface area contributed by atoms with E-state index in [2.05, 4.69) is 5.32 Å². The van der Waals surface area contributed by atoms with Gasteiger partial charge in [-0.2, -0.15) is 0 Å². The number of nitrogens with one attached hydrogen (secondary N) is 1. The van der Waals surface area contributed by atoms with E-state index in [-0.39, 0.29) is 30.1 Å². The van der Waals surface area contributed by atoms with Gasteiger partial charge in [0.2, 0.25) is 5.91 Å². The fraction of sp³-hybridized carbons (Fsp3) is 0.704. The molecular weight excluding hydrogens is 498 g/mol. The van der Waals surface area contributed by atoms with E-state index in [1.165, 1.54) is 25.2 Å². The Balaban J connectivity index is 1.93. The highest BCUT2D eigenvalue weighted by Gasteiger charge is 2.58. The van der Waals surface area contributed by atoms with Gasteiger partial charge < -0.3 is 45.1 Å². The second kappa shape index (κ2) is 13.3. The van der Waals surface area contributed by atoms with Crippen molar-refractivity contribution in [2.24, 2.45) is 5.92 Å². The standard InChI is InChI=1S/C27H43NO10/c1-15(8-11-22-24(32)27(35,14-29)25(33)26(6,34)38-22)7-10-21-16(2)13-20(18(4)37-21)28-23(31)12-9-17(3)36-19(5)30/h7-9,11-12,16-18,20-22,24-25,29,32-35H,10,13-14H2,1-6H3,(H,28,31)/t16-,17-,18+,20+,21-,22+,24+,25-,26+,27-/m0/s1. The summed E-state index contributed by atoms with van der Waals surface area (Å²) in [6, 6.07) is -0.175. The number of aliphatic hydroxyl groups excluding tert-OH is 3. The summed E-state index contributed by atoms with van der Waals surface area (Å²) in [5.74, 6) is -2.73. The average molecular weight is 542 g/mol. The van der Waals surface area contributed by atoms with Gasteiger partial charge in [0, 0.05) is 13.0 Å². The van der Waals surface area contributed by atoms with Crippen molar-refractivity contribution in [2.45, 2.75) is 108 Å².